The summed E-state index contributed by atoms with van der Waals surface area (Å²) in [6.45, 7) is -0.356. The molecule has 0 spiro atoms. The monoisotopic (exact) mass is 357 g/mol. The molecule has 0 radical (unpaired) electrons. The minimum atomic E-state index is -3.95. The summed E-state index contributed by atoms with van der Waals surface area (Å²) in [5.74, 6) is -0.859. The van der Waals surface area contributed by atoms with Crippen molar-refractivity contribution in [2.24, 2.45) is 0 Å². The third-order valence-corrected chi connectivity index (χ3v) is 5.34. The van der Waals surface area contributed by atoms with Crippen LogP contribution in [0, 0.1) is 11.3 Å². The number of amides is 1. The Kier molecular flexibility index (Phi) is 4.33. The number of hydrogen-bond acceptors (Lipinski definition) is 5. The minimum absolute atomic E-state index is 0.0551. The van der Waals surface area contributed by atoms with E-state index < -0.39 is 16.1 Å². The highest BCUT2D eigenvalue weighted by atomic mass is 32.2. The fourth-order valence-corrected chi connectivity index (χ4v) is 3.89. The van der Waals surface area contributed by atoms with Gasteiger partial charge in [0.05, 0.1) is 17.3 Å². The van der Waals surface area contributed by atoms with Gasteiger partial charge in [-0.3, -0.25) is 4.79 Å². The van der Waals surface area contributed by atoms with E-state index in [4.69, 9.17) is 5.26 Å². The molecule has 8 heteroatoms. The number of hydrogen-bond donors (Lipinski definition) is 2. The van der Waals surface area contributed by atoms with Crippen molar-refractivity contribution in [3.05, 3.63) is 59.2 Å². The Morgan fingerprint density at radius 3 is 2.60 bits per heavy atom. The van der Waals surface area contributed by atoms with Crippen LogP contribution in [0.4, 0.5) is 5.69 Å². The first-order valence-electron chi connectivity index (χ1n) is 7.54. The van der Waals surface area contributed by atoms with Gasteiger partial charge in [-0.05, 0) is 42.2 Å². The molecule has 1 heterocycles. The molecule has 7 nitrogen and oxygen atoms in total. The SMILES string of the molecule is N#Cc1ccccc1CCc1ccc(N2CC(=O)NS2(=O)=O)c(O)c1. The van der Waals surface area contributed by atoms with Gasteiger partial charge < -0.3 is 5.11 Å². The molecule has 1 fully saturated rings. The second kappa shape index (κ2) is 6.45. The van der Waals surface area contributed by atoms with Gasteiger partial charge in [0.1, 0.15) is 12.3 Å². The van der Waals surface area contributed by atoms with Crippen LogP contribution in [0.2, 0.25) is 0 Å². The Morgan fingerprint density at radius 2 is 1.96 bits per heavy atom. The van der Waals surface area contributed by atoms with Crippen molar-refractivity contribution in [2.45, 2.75) is 12.8 Å². The van der Waals surface area contributed by atoms with Crippen LogP contribution >= 0.6 is 0 Å². The van der Waals surface area contributed by atoms with E-state index in [1.54, 1.807) is 18.2 Å². The lowest BCUT2D eigenvalue weighted by Gasteiger charge is -2.16. The van der Waals surface area contributed by atoms with E-state index in [2.05, 4.69) is 6.07 Å². The fourth-order valence-electron chi connectivity index (χ4n) is 2.72. The van der Waals surface area contributed by atoms with Crippen LogP contribution in [0.5, 0.6) is 5.75 Å². The van der Waals surface area contributed by atoms with Gasteiger partial charge in [-0.2, -0.15) is 13.7 Å². The molecule has 2 N–H and O–H groups in total. The van der Waals surface area contributed by atoms with Crippen molar-refractivity contribution in [1.29, 1.82) is 5.26 Å². The maximum absolute atomic E-state index is 11.8. The molecule has 0 saturated carbocycles. The van der Waals surface area contributed by atoms with Crippen LogP contribution in [0.25, 0.3) is 0 Å². The molecule has 2 aromatic carbocycles. The number of carbonyl (C=O) groups is 1. The van der Waals surface area contributed by atoms with Gasteiger partial charge in [0.2, 0.25) is 0 Å². The van der Waals surface area contributed by atoms with Crippen molar-refractivity contribution in [1.82, 2.24) is 4.72 Å². The van der Waals surface area contributed by atoms with Crippen molar-refractivity contribution in [2.75, 3.05) is 10.8 Å². The van der Waals surface area contributed by atoms with Crippen LogP contribution in [-0.2, 0) is 27.8 Å². The third kappa shape index (κ3) is 3.41. The molecule has 128 valence electrons. The van der Waals surface area contributed by atoms with E-state index >= 15 is 0 Å². The van der Waals surface area contributed by atoms with E-state index in [9.17, 15) is 18.3 Å². The number of anilines is 1. The maximum atomic E-state index is 11.8. The molecule has 1 amide bonds. The normalized spacial score (nSPS) is 15.6. The summed E-state index contributed by atoms with van der Waals surface area (Å²) in [5, 5.41) is 19.3. The second-order valence-corrected chi connectivity index (χ2v) is 7.22. The molecule has 1 saturated heterocycles. The number of carbonyl (C=O) groups excluding carboxylic acids is 1. The zero-order valence-electron chi connectivity index (χ0n) is 13.1. The van der Waals surface area contributed by atoms with Gasteiger partial charge in [-0.25, -0.2) is 9.03 Å². The van der Waals surface area contributed by atoms with E-state index in [-0.39, 0.29) is 18.0 Å². The molecule has 1 aliphatic rings. The van der Waals surface area contributed by atoms with Crippen LogP contribution in [0.3, 0.4) is 0 Å². The molecule has 0 aliphatic carbocycles. The Hall–Kier alpha value is -3.05. The number of rotatable bonds is 4. The number of benzene rings is 2. The quantitative estimate of drug-likeness (QED) is 0.855. The zero-order chi connectivity index (χ0) is 18.0. The summed E-state index contributed by atoms with van der Waals surface area (Å²) in [6.07, 6.45) is 1.20. The first kappa shape index (κ1) is 16.8. The molecule has 0 atom stereocenters. The summed E-state index contributed by atoms with van der Waals surface area (Å²) in [6, 6.07) is 14.1. The molecule has 0 aromatic heterocycles. The van der Waals surface area contributed by atoms with Crippen LogP contribution < -0.4 is 9.03 Å². The fraction of sp³-hybridized carbons (Fsp3) is 0.176. The molecule has 0 unspecified atom stereocenters. The van der Waals surface area contributed by atoms with Crippen LogP contribution in [0.15, 0.2) is 42.5 Å². The first-order valence-corrected chi connectivity index (χ1v) is 8.98. The van der Waals surface area contributed by atoms with Gasteiger partial charge in [0.15, 0.2) is 0 Å². The highest BCUT2D eigenvalue weighted by molar-refractivity contribution is 7.92. The Morgan fingerprint density at radius 1 is 1.20 bits per heavy atom. The van der Waals surface area contributed by atoms with E-state index in [1.807, 2.05) is 16.9 Å². The second-order valence-electron chi connectivity index (χ2n) is 5.63. The van der Waals surface area contributed by atoms with Crippen molar-refractivity contribution in [3.63, 3.8) is 0 Å². The molecule has 0 bridgehead atoms. The number of aryl methyl sites for hydroxylation is 2. The smallest absolute Gasteiger partial charge is 0.326 e. The molecule has 3 rings (SSSR count). The summed E-state index contributed by atoms with van der Waals surface area (Å²) in [5.41, 5.74) is 2.37. The number of nitrogens with one attached hydrogen (secondary N) is 1. The lowest BCUT2D eigenvalue weighted by Crippen LogP contribution is -2.29. The summed E-state index contributed by atoms with van der Waals surface area (Å²) >= 11 is 0. The Labute approximate surface area is 145 Å². The number of phenolic OH excluding ortho intramolecular Hbond substituents is 1. The average molecular weight is 357 g/mol. The molecule has 2 aromatic rings. The number of phenols is 1. The highest BCUT2D eigenvalue weighted by Gasteiger charge is 2.35. The third-order valence-electron chi connectivity index (χ3n) is 3.95. The highest BCUT2D eigenvalue weighted by Crippen LogP contribution is 2.31. The average Bonchev–Trinajstić information content (AvgIpc) is 2.85. The number of nitriles is 1. The van der Waals surface area contributed by atoms with Gasteiger partial charge in [-0.1, -0.05) is 24.3 Å². The van der Waals surface area contributed by atoms with Crippen LogP contribution in [0.1, 0.15) is 16.7 Å². The lowest BCUT2D eigenvalue weighted by atomic mass is 10.00. The summed E-state index contributed by atoms with van der Waals surface area (Å²) in [4.78, 5) is 11.3. The largest absolute Gasteiger partial charge is 0.506 e. The predicted molar refractivity (Wildman–Crippen MR) is 91.1 cm³/mol. The molecule has 25 heavy (non-hydrogen) atoms. The Balaban J connectivity index is 1.79. The lowest BCUT2D eigenvalue weighted by molar-refractivity contribution is -0.117. The maximum Gasteiger partial charge on any atom is 0.326 e. The van der Waals surface area contributed by atoms with E-state index in [1.165, 1.54) is 12.1 Å². The molecular formula is C17H15N3O4S. The van der Waals surface area contributed by atoms with Gasteiger partial charge in [-0.15, -0.1) is 0 Å². The zero-order valence-corrected chi connectivity index (χ0v) is 14.0. The summed E-state index contributed by atoms with van der Waals surface area (Å²) in [7, 11) is -3.95. The van der Waals surface area contributed by atoms with Crippen LogP contribution in [-0.4, -0.2) is 26.0 Å². The number of aromatic hydroxyl groups is 1. The standard InChI is InChI=1S/C17H15N3O4S/c18-10-14-4-2-1-3-13(14)7-5-12-6-8-15(16(21)9-12)20-11-17(22)19-25(20,23)24/h1-4,6,8-9,21H,5,7,11H2,(H,19,22). The minimum Gasteiger partial charge on any atom is -0.506 e. The summed E-state index contributed by atoms with van der Waals surface area (Å²) < 4.78 is 26.4. The van der Waals surface area contributed by atoms with Crippen molar-refractivity contribution in [3.8, 4) is 11.8 Å². The van der Waals surface area contributed by atoms with Gasteiger partial charge >= 0.3 is 10.2 Å². The first-order chi connectivity index (χ1) is 11.9. The predicted octanol–water partition coefficient (Wildman–Crippen LogP) is 1.23. The molecular weight excluding hydrogens is 342 g/mol. The molecule has 1 aliphatic heterocycles. The topological polar surface area (TPSA) is 111 Å². The van der Waals surface area contributed by atoms with E-state index in [0.29, 0.717) is 18.4 Å². The Bertz CT molecular complexity index is 980. The van der Waals surface area contributed by atoms with E-state index in [0.717, 1.165) is 15.4 Å². The van der Waals surface area contributed by atoms with Crippen molar-refractivity contribution < 1.29 is 18.3 Å². The van der Waals surface area contributed by atoms with Crippen molar-refractivity contribution >= 4 is 21.8 Å². The number of nitrogens with zero attached hydrogens (tertiary/aromatic N) is 2. The van der Waals surface area contributed by atoms with Gasteiger partial charge in [0, 0.05) is 0 Å². The van der Waals surface area contributed by atoms with Gasteiger partial charge in [0.25, 0.3) is 5.91 Å².